The number of rotatable bonds is 3. The highest BCUT2D eigenvalue weighted by Gasteiger charge is 2.37. The third-order valence-electron chi connectivity index (χ3n) is 4.95. The number of carbonyl (C=O) groups is 3. The van der Waals surface area contributed by atoms with E-state index in [1.165, 1.54) is 6.08 Å². The molecule has 4 rings (SSSR count). The Bertz CT molecular complexity index is 1210. The zero-order valence-corrected chi connectivity index (χ0v) is 17.9. The molecule has 2 heterocycles. The van der Waals surface area contributed by atoms with Gasteiger partial charge in [0.05, 0.1) is 5.69 Å². The van der Waals surface area contributed by atoms with Crippen molar-refractivity contribution in [1.29, 1.82) is 0 Å². The molecule has 0 radical (unpaired) electrons. The number of para-hydroxylation sites is 1. The quantitative estimate of drug-likeness (QED) is 0.458. The van der Waals surface area contributed by atoms with Crippen molar-refractivity contribution in [2.75, 3.05) is 4.90 Å². The first-order valence-corrected chi connectivity index (χ1v) is 10.1. The molecule has 0 aliphatic carbocycles. The van der Waals surface area contributed by atoms with E-state index in [4.69, 9.17) is 0 Å². The molecule has 0 atom stereocenters. The highest BCUT2D eigenvalue weighted by Crippen LogP contribution is 2.27. The number of nitrogens with zero attached hydrogens (tertiary/aromatic N) is 2. The second-order valence-electron chi connectivity index (χ2n) is 6.94. The van der Waals surface area contributed by atoms with Gasteiger partial charge in [-0.05, 0) is 61.9 Å². The Morgan fingerprint density at radius 1 is 0.900 bits per heavy atom. The molecule has 1 fully saturated rings. The summed E-state index contributed by atoms with van der Waals surface area (Å²) in [5, 5.41) is 2.26. The number of benzene rings is 2. The van der Waals surface area contributed by atoms with Gasteiger partial charge in [0.25, 0.3) is 11.8 Å². The average molecular weight is 464 g/mol. The molecule has 1 aliphatic heterocycles. The molecule has 1 saturated heterocycles. The van der Waals surface area contributed by atoms with Gasteiger partial charge in [-0.15, -0.1) is 0 Å². The van der Waals surface area contributed by atoms with E-state index >= 15 is 0 Å². The highest BCUT2D eigenvalue weighted by molar-refractivity contribution is 9.10. The van der Waals surface area contributed by atoms with Crippen LogP contribution in [0.2, 0.25) is 0 Å². The third-order valence-corrected chi connectivity index (χ3v) is 5.45. The van der Waals surface area contributed by atoms with Crippen LogP contribution in [0.15, 0.2) is 70.7 Å². The van der Waals surface area contributed by atoms with Crippen molar-refractivity contribution in [2.24, 2.45) is 0 Å². The van der Waals surface area contributed by atoms with Crippen molar-refractivity contribution in [3.8, 4) is 5.69 Å². The number of nitrogens with one attached hydrogen (secondary N) is 1. The summed E-state index contributed by atoms with van der Waals surface area (Å²) in [6.45, 7) is 3.89. The van der Waals surface area contributed by atoms with Crippen LogP contribution in [0.5, 0.6) is 0 Å². The number of carbonyl (C=O) groups excluding carboxylic acids is 3. The summed E-state index contributed by atoms with van der Waals surface area (Å²) in [6, 6.07) is 17.8. The maximum atomic E-state index is 13.1. The molecular formula is C23H18BrN3O3. The van der Waals surface area contributed by atoms with Crippen molar-refractivity contribution < 1.29 is 14.4 Å². The van der Waals surface area contributed by atoms with E-state index < -0.39 is 17.8 Å². The summed E-state index contributed by atoms with van der Waals surface area (Å²) < 4.78 is 2.77. The minimum absolute atomic E-state index is 0.0945. The first-order chi connectivity index (χ1) is 14.4. The Labute approximate surface area is 181 Å². The molecular weight excluding hydrogens is 446 g/mol. The van der Waals surface area contributed by atoms with E-state index in [0.29, 0.717) is 5.69 Å². The van der Waals surface area contributed by atoms with Gasteiger partial charge in [0.2, 0.25) is 0 Å². The largest absolute Gasteiger partial charge is 0.335 e. The molecule has 0 saturated carbocycles. The predicted molar refractivity (Wildman–Crippen MR) is 118 cm³/mol. The predicted octanol–water partition coefficient (Wildman–Crippen LogP) is 4.52. The molecule has 0 spiro atoms. The van der Waals surface area contributed by atoms with E-state index in [2.05, 4.69) is 25.8 Å². The maximum Gasteiger partial charge on any atom is 0.335 e. The van der Waals surface area contributed by atoms with Crippen LogP contribution in [0.3, 0.4) is 0 Å². The number of aryl methyl sites for hydroxylation is 1. The zero-order chi connectivity index (χ0) is 21.4. The Hall–Kier alpha value is -3.45. The summed E-state index contributed by atoms with van der Waals surface area (Å²) in [6.07, 6.45) is 1.54. The minimum Gasteiger partial charge on any atom is -0.318 e. The first kappa shape index (κ1) is 19.8. The summed E-state index contributed by atoms with van der Waals surface area (Å²) >= 11 is 3.34. The van der Waals surface area contributed by atoms with Crippen LogP contribution in [-0.2, 0) is 9.59 Å². The third kappa shape index (κ3) is 3.48. The number of hydrogen-bond acceptors (Lipinski definition) is 3. The smallest absolute Gasteiger partial charge is 0.318 e. The van der Waals surface area contributed by atoms with Gasteiger partial charge >= 0.3 is 6.03 Å². The normalized spacial score (nSPS) is 15.6. The fraction of sp³-hybridized carbons (Fsp3) is 0.0870. The number of anilines is 1. The number of urea groups is 1. The number of halogens is 1. The van der Waals surface area contributed by atoms with Gasteiger partial charge in [0.15, 0.2) is 0 Å². The van der Waals surface area contributed by atoms with Crippen LogP contribution in [-0.4, -0.2) is 22.4 Å². The molecule has 1 N–H and O–H groups in total. The Morgan fingerprint density at radius 3 is 2.30 bits per heavy atom. The lowest BCUT2D eigenvalue weighted by Gasteiger charge is -2.26. The van der Waals surface area contributed by atoms with Crippen molar-refractivity contribution in [1.82, 2.24) is 9.88 Å². The fourth-order valence-electron chi connectivity index (χ4n) is 3.57. The Morgan fingerprint density at radius 2 is 1.60 bits per heavy atom. The van der Waals surface area contributed by atoms with Crippen molar-refractivity contribution in [3.05, 3.63) is 87.7 Å². The van der Waals surface area contributed by atoms with E-state index in [-0.39, 0.29) is 5.57 Å². The summed E-state index contributed by atoms with van der Waals surface area (Å²) in [5.41, 5.74) is 3.86. The number of amides is 4. The molecule has 0 unspecified atom stereocenters. The average Bonchev–Trinajstić information content (AvgIpc) is 2.99. The SMILES string of the molecule is Cc1cc(/C=C2\C(=O)NC(=O)N(c3cccc(Br)c3)C2=O)c(C)n1-c1ccccc1. The highest BCUT2D eigenvalue weighted by atomic mass is 79.9. The van der Waals surface area contributed by atoms with Crippen molar-refractivity contribution in [2.45, 2.75) is 13.8 Å². The number of barbiturate groups is 1. The fourth-order valence-corrected chi connectivity index (χ4v) is 3.96. The number of imide groups is 2. The Balaban J connectivity index is 1.77. The molecule has 4 amide bonds. The van der Waals surface area contributed by atoms with Crippen LogP contribution in [0.4, 0.5) is 10.5 Å². The van der Waals surface area contributed by atoms with E-state index in [9.17, 15) is 14.4 Å². The maximum absolute atomic E-state index is 13.1. The summed E-state index contributed by atoms with van der Waals surface area (Å²) in [7, 11) is 0. The van der Waals surface area contributed by atoms with Gasteiger partial charge < -0.3 is 4.57 Å². The van der Waals surface area contributed by atoms with Crippen LogP contribution >= 0.6 is 15.9 Å². The van der Waals surface area contributed by atoms with Gasteiger partial charge in [-0.2, -0.15) is 0 Å². The van der Waals surface area contributed by atoms with Gasteiger partial charge in [0, 0.05) is 21.5 Å². The molecule has 150 valence electrons. The Kier molecular flexibility index (Phi) is 5.13. The summed E-state index contributed by atoms with van der Waals surface area (Å²) in [4.78, 5) is 38.9. The van der Waals surface area contributed by atoms with Gasteiger partial charge in [-0.1, -0.05) is 40.2 Å². The monoisotopic (exact) mass is 463 g/mol. The van der Waals surface area contributed by atoms with Gasteiger partial charge in [-0.3, -0.25) is 14.9 Å². The molecule has 0 bridgehead atoms. The lowest BCUT2D eigenvalue weighted by molar-refractivity contribution is -0.122. The minimum atomic E-state index is -0.769. The topological polar surface area (TPSA) is 71.4 Å². The first-order valence-electron chi connectivity index (χ1n) is 9.28. The number of aromatic nitrogens is 1. The summed E-state index contributed by atoms with van der Waals surface area (Å²) in [5.74, 6) is -1.37. The van der Waals surface area contributed by atoms with Crippen molar-refractivity contribution >= 4 is 45.5 Å². The molecule has 6 nitrogen and oxygen atoms in total. The lowest BCUT2D eigenvalue weighted by atomic mass is 10.1. The molecule has 1 aromatic heterocycles. The molecule has 1 aliphatic rings. The second kappa shape index (κ2) is 7.76. The van der Waals surface area contributed by atoms with Gasteiger partial charge in [0.1, 0.15) is 5.57 Å². The van der Waals surface area contributed by atoms with E-state index in [0.717, 1.165) is 32.0 Å². The van der Waals surface area contributed by atoms with Crippen LogP contribution in [0.1, 0.15) is 17.0 Å². The van der Waals surface area contributed by atoms with Crippen LogP contribution < -0.4 is 10.2 Å². The molecule has 30 heavy (non-hydrogen) atoms. The van der Waals surface area contributed by atoms with Crippen LogP contribution in [0.25, 0.3) is 11.8 Å². The molecule has 7 heteroatoms. The van der Waals surface area contributed by atoms with E-state index in [1.54, 1.807) is 24.3 Å². The van der Waals surface area contributed by atoms with Crippen molar-refractivity contribution in [3.63, 3.8) is 0 Å². The van der Waals surface area contributed by atoms with E-state index in [1.807, 2.05) is 50.2 Å². The number of hydrogen-bond donors (Lipinski definition) is 1. The lowest BCUT2D eigenvalue weighted by Crippen LogP contribution is -2.54. The molecule has 2 aromatic carbocycles. The van der Waals surface area contributed by atoms with Gasteiger partial charge in [-0.25, -0.2) is 9.69 Å². The standard InChI is InChI=1S/C23H18BrN3O3/c1-14-11-16(15(2)26(14)18-8-4-3-5-9-18)12-20-21(28)25-23(30)27(22(20)29)19-10-6-7-17(24)13-19/h3-13H,1-2H3,(H,25,28,30)/b20-12+. The molecule has 3 aromatic rings. The van der Waals surface area contributed by atoms with Crippen LogP contribution in [0, 0.1) is 13.8 Å². The second-order valence-corrected chi connectivity index (χ2v) is 7.85. The zero-order valence-electron chi connectivity index (χ0n) is 16.3.